The van der Waals surface area contributed by atoms with Gasteiger partial charge in [0.15, 0.2) is 0 Å². The van der Waals surface area contributed by atoms with Crippen molar-refractivity contribution in [3.8, 4) is 0 Å². The van der Waals surface area contributed by atoms with Crippen LogP contribution in [0.2, 0.25) is 0 Å². The van der Waals surface area contributed by atoms with E-state index >= 15 is 0 Å². The van der Waals surface area contributed by atoms with Crippen molar-refractivity contribution < 1.29 is 4.39 Å². The monoisotopic (exact) mass is 229 g/mol. The summed E-state index contributed by atoms with van der Waals surface area (Å²) in [5.41, 5.74) is 6.43. The lowest BCUT2D eigenvalue weighted by atomic mass is 10.1. The van der Waals surface area contributed by atoms with Crippen molar-refractivity contribution in [1.82, 2.24) is 0 Å². The minimum absolute atomic E-state index is 0.271. The SMILES string of the molecule is C=C(CN)c1cccc(Br)c1F. The van der Waals surface area contributed by atoms with Gasteiger partial charge in [-0.1, -0.05) is 18.7 Å². The zero-order valence-electron chi connectivity index (χ0n) is 6.48. The van der Waals surface area contributed by atoms with E-state index in [0.717, 1.165) is 0 Å². The Bertz CT molecular complexity index is 309. The Morgan fingerprint density at radius 2 is 2.25 bits per heavy atom. The van der Waals surface area contributed by atoms with Crippen molar-refractivity contribution in [1.29, 1.82) is 0 Å². The van der Waals surface area contributed by atoms with Crippen LogP contribution in [0.4, 0.5) is 4.39 Å². The van der Waals surface area contributed by atoms with Gasteiger partial charge >= 0.3 is 0 Å². The molecular weight excluding hydrogens is 221 g/mol. The van der Waals surface area contributed by atoms with E-state index in [2.05, 4.69) is 22.5 Å². The van der Waals surface area contributed by atoms with Gasteiger partial charge in [-0.25, -0.2) is 4.39 Å². The normalized spacial score (nSPS) is 9.92. The quantitative estimate of drug-likeness (QED) is 0.830. The summed E-state index contributed by atoms with van der Waals surface area (Å²) in [6.45, 7) is 3.93. The van der Waals surface area contributed by atoms with Crippen molar-refractivity contribution in [3.05, 3.63) is 40.6 Å². The van der Waals surface area contributed by atoms with Gasteiger partial charge in [-0.3, -0.25) is 0 Å². The molecule has 0 atom stereocenters. The average Bonchev–Trinajstić information content (AvgIpc) is 2.08. The topological polar surface area (TPSA) is 26.0 Å². The summed E-state index contributed by atoms with van der Waals surface area (Å²) in [5.74, 6) is -0.298. The Hall–Kier alpha value is -0.670. The molecule has 64 valence electrons. The van der Waals surface area contributed by atoms with Crippen LogP contribution in [0.1, 0.15) is 5.56 Å². The minimum atomic E-state index is -0.298. The van der Waals surface area contributed by atoms with Gasteiger partial charge in [0, 0.05) is 12.1 Å². The molecule has 1 aromatic rings. The van der Waals surface area contributed by atoms with Gasteiger partial charge in [-0.2, -0.15) is 0 Å². The molecule has 0 bridgehead atoms. The van der Waals surface area contributed by atoms with Crippen molar-refractivity contribution in [2.45, 2.75) is 0 Å². The second-order valence-electron chi connectivity index (χ2n) is 2.41. The number of hydrogen-bond acceptors (Lipinski definition) is 1. The van der Waals surface area contributed by atoms with Crippen LogP contribution in [-0.4, -0.2) is 6.54 Å². The standard InChI is InChI=1S/C9H9BrFN/c1-6(5-12)7-3-2-4-8(10)9(7)11/h2-4H,1,5,12H2. The molecule has 1 aromatic carbocycles. The number of rotatable bonds is 2. The molecule has 0 saturated carbocycles. The molecule has 0 heterocycles. The summed E-state index contributed by atoms with van der Waals surface area (Å²) >= 11 is 3.09. The Morgan fingerprint density at radius 1 is 1.58 bits per heavy atom. The highest BCUT2D eigenvalue weighted by Gasteiger charge is 2.06. The fourth-order valence-corrected chi connectivity index (χ4v) is 1.25. The van der Waals surface area contributed by atoms with Crippen LogP contribution >= 0.6 is 15.9 Å². The first-order valence-electron chi connectivity index (χ1n) is 3.49. The second-order valence-corrected chi connectivity index (χ2v) is 3.26. The summed E-state index contributed by atoms with van der Waals surface area (Å²) in [7, 11) is 0. The summed E-state index contributed by atoms with van der Waals surface area (Å²) in [4.78, 5) is 0. The number of hydrogen-bond donors (Lipinski definition) is 1. The third kappa shape index (κ3) is 1.73. The van der Waals surface area contributed by atoms with E-state index in [-0.39, 0.29) is 12.4 Å². The lowest BCUT2D eigenvalue weighted by Gasteiger charge is -2.04. The Kier molecular flexibility index (Phi) is 3.00. The Morgan fingerprint density at radius 3 is 2.83 bits per heavy atom. The van der Waals surface area contributed by atoms with Crippen LogP contribution < -0.4 is 5.73 Å². The van der Waals surface area contributed by atoms with E-state index in [9.17, 15) is 4.39 Å². The van der Waals surface area contributed by atoms with E-state index < -0.39 is 0 Å². The summed E-state index contributed by atoms with van der Waals surface area (Å²) in [5, 5.41) is 0. The predicted octanol–water partition coefficient (Wildman–Crippen LogP) is 2.56. The van der Waals surface area contributed by atoms with Gasteiger partial charge in [0.1, 0.15) is 5.82 Å². The van der Waals surface area contributed by atoms with Crippen LogP contribution in [0.3, 0.4) is 0 Å². The van der Waals surface area contributed by atoms with Gasteiger partial charge in [-0.05, 0) is 27.6 Å². The lowest BCUT2D eigenvalue weighted by Crippen LogP contribution is -2.02. The number of nitrogens with two attached hydrogens (primary N) is 1. The molecule has 2 N–H and O–H groups in total. The molecule has 0 radical (unpaired) electrons. The molecular formula is C9H9BrFN. The van der Waals surface area contributed by atoms with Gasteiger partial charge in [0.2, 0.25) is 0 Å². The van der Waals surface area contributed by atoms with Gasteiger partial charge in [0.05, 0.1) is 4.47 Å². The third-order valence-electron chi connectivity index (χ3n) is 1.58. The molecule has 0 aliphatic carbocycles. The molecule has 1 nitrogen and oxygen atoms in total. The maximum atomic E-state index is 13.3. The zero-order chi connectivity index (χ0) is 9.14. The minimum Gasteiger partial charge on any atom is -0.326 e. The molecule has 1 rings (SSSR count). The van der Waals surface area contributed by atoms with E-state index in [4.69, 9.17) is 5.73 Å². The maximum absolute atomic E-state index is 13.3. The Balaban J connectivity index is 3.16. The van der Waals surface area contributed by atoms with Crippen molar-refractivity contribution in [2.75, 3.05) is 6.54 Å². The third-order valence-corrected chi connectivity index (χ3v) is 2.19. The Labute approximate surface area is 79.2 Å². The number of halogens is 2. The molecule has 12 heavy (non-hydrogen) atoms. The summed E-state index contributed by atoms with van der Waals surface area (Å²) < 4.78 is 13.7. The highest BCUT2D eigenvalue weighted by Crippen LogP contribution is 2.22. The molecule has 0 aliphatic rings. The van der Waals surface area contributed by atoms with E-state index in [1.54, 1.807) is 18.2 Å². The van der Waals surface area contributed by atoms with Crippen LogP contribution in [0, 0.1) is 5.82 Å². The molecule has 0 aromatic heterocycles. The van der Waals surface area contributed by atoms with Crippen LogP contribution in [-0.2, 0) is 0 Å². The first-order valence-corrected chi connectivity index (χ1v) is 4.28. The molecule has 0 saturated heterocycles. The molecule has 0 spiro atoms. The average molecular weight is 230 g/mol. The van der Waals surface area contributed by atoms with Crippen LogP contribution in [0.15, 0.2) is 29.3 Å². The summed E-state index contributed by atoms with van der Waals surface area (Å²) in [6, 6.07) is 5.06. The van der Waals surface area contributed by atoms with E-state index in [0.29, 0.717) is 15.6 Å². The fraction of sp³-hybridized carbons (Fsp3) is 0.111. The highest BCUT2D eigenvalue weighted by molar-refractivity contribution is 9.10. The lowest BCUT2D eigenvalue weighted by molar-refractivity contribution is 0.617. The highest BCUT2D eigenvalue weighted by atomic mass is 79.9. The van der Waals surface area contributed by atoms with E-state index in [1.165, 1.54) is 0 Å². The first-order chi connectivity index (χ1) is 5.66. The van der Waals surface area contributed by atoms with Crippen molar-refractivity contribution in [2.24, 2.45) is 5.73 Å². The molecule has 0 fully saturated rings. The fourth-order valence-electron chi connectivity index (χ4n) is 0.887. The maximum Gasteiger partial charge on any atom is 0.144 e. The summed E-state index contributed by atoms with van der Waals surface area (Å²) in [6.07, 6.45) is 0. The van der Waals surface area contributed by atoms with Crippen molar-refractivity contribution in [3.63, 3.8) is 0 Å². The molecule has 0 aliphatic heterocycles. The largest absolute Gasteiger partial charge is 0.326 e. The van der Waals surface area contributed by atoms with Gasteiger partial charge in [0.25, 0.3) is 0 Å². The molecule has 0 unspecified atom stereocenters. The number of benzene rings is 1. The smallest absolute Gasteiger partial charge is 0.144 e. The zero-order valence-corrected chi connectivity index (χ0v) is 8.07. The molecule has 3 heteroatoms. The first kappa shape index (κ1) is 9.42. The molecule has 0 amide bonds. The van der Waals surface area contributed by atoms with Gasteiger partial charge in [-0.15, -0.1) is 0 Å². The van der Waals surface area contributed by atoms with Crippen LogP contribution in [0.5, 0.6) is 0 Å². The predicted molar refractivity (Wildman–Crippen MR) is 52.2 cm³/mol. The van der Waals surface area contributed by atoms with Crippen molar-refractivity contribution >= 4 is 21.5 Å². The second kappa shape index (κ2) is 3.83. The van der Waals surface area contributed by atoms with Gasteiger partial charge < -0.3 is 5.73 Å². The van der Waals surface area contributed by atoms with E-state index in [1.807, 2.05) is 0 Å². The van der Waals surface area contributed by atoms with Crippen LogP contribution in [0.25, 0.3) is 5.57 Å².